The maximum atomic E-state index is 13.2. The van der Waals surface area contributed by atoms with Crippen LogP contribution in [0.3, 0.4) is 0 Å². The highest BCUT2D eigenvalue weighted by Crippen LogP contribution is 2.26. The molecule has 2 aromatic heterocycles. The second-order valence-electron chi connectivity index (χ2n) is 7.57. The van der Waals surface area contributed by atoms with E-state index in [1.165, 1.54) is 0 Å². The van der Waals surface area contributed by atoms with Crippen molar-refractivity contribution >= 4 is 11.6 Å². The molecule has 0 aliphatic carbocycles. The summed E-state index contributed by atoms with van der Waals surface area (Å²) < 4.78 is 9.17. The van der Waals surface area contributed by atoms with Crippen LogP contribution >= 0.6 is 0 Å². The number of hydrogen-bond donors (Lipinski definition) is 1. The smallest absolute Gasteiger partial charge is 0.257 e. The molecule has 0 unspecified atom stereocenters. The fraction of sp³-hybridized carbons (Fsp3) is 0.200. The average Bonchev–Trinajstić information content (AvgIpc) is 3.24. The molecule has 2 heterocycles. The van der Waals surface area contributed by atoms with Crippen molar-refractivity contribution in [2.75, 3.05) is 12.4 Å². The Balaban J connectivity index is 1.65. The number of para-hydroxylation sites is 1. The van der Waals surface area contributed by atoms with Crippen LogP contribution < -0.4 is 10.1 Å². The van der Waals surface area contributed by atoms with Gasteiger partial charge < -0.3 is 14.6 Å². The molecule has 31 heavy (non-hydrogen) atoms. The average molecular weight is 415 g/mol. The zero-order valence-corrected chi connectivity index (χ0v) is 18.4. The summed E-state index contributed by atoms with van der Waals surface area (Å²) in [6, 6.07) is 19.6. The van der Waals surface area contributed by atoms with Gasteiger partial charge in [0.15, 0.2) is 0 Å². The van der Waals surface area contributed by atoms with Crippen LogP contribution in [0, 0.1) is 27.7 Å². The van der Waals surface area contributed by atoms with Crippen molar-refractivity contribution in [3.05, 3.63) is 89.0 Å². The van der Waals surface area contributed by atoms with Gasteiger partial charge in [-0.25, -0.2) is 4.68 Å². The number of nitrogens with zero attached hydrogens (tertiary/aromatic N) is 3. The lowest BCUT2D eigenvalue weighted by Crippen LogP contribution is -2.14. The van der Waals surface area contributed by atoms with E-state index in [9.17, 15) is 4.79 Å². The van der Waals surface area contributed by atoms with Gasteiger partial charge in [0, 0.05) is 17.1 Å². The predicted octanol–water partition coefficient (Wildman–Crippen LogP) is 5.16. The molecule has 0 atom stereocenters. The van der Waals surface area contributed by atoms with Gasteiger partial charge in [-0.1, -0.05) is 18.2 Å². The van der Waals surface area contributed by atoms with E-state index < -0.39 is 0 Å². The Morgan fingerprint density at radius 2 is 1.58 bits per heavy atom. The van der Waals surface area contributed by atoms with Gasteiger partial charge in [0.25, 0.3) is 5.91 Å². The van der Waals surface area contributed by atoms with Crippen LogP contribution in [-0.2, 0) is 0 Å². The predicted molar refractivity (Wildman–Crippen MR) is 123 cm³/mol. The minimum absolute atomic E-state index is 0.147. The first-order chi connectivity index (χ1) is 14.9. The number of methoxy groups -OCH3 is 1. The van der Waals surface area contributed by atoms with Gasteiger partial charge in [0.1, 0.15) is 5.75 Å². The highest BCUT2D eigenvalue weighted by atomic mass is 16.5. The van der Waals surface area contributed by atoms with E-state index in [0.29, 0.717) is 5.56 Å². The van der Waals surface area contributed by atoms with Crippen molar-refractivity contribution in [3.63, 3.8) is 0 Å². The first-order valence-electron chi connectivity index (χ1n) is 10.2. The minimum Gasteiger partial charge on any atom is -0.497 e. The van der Waals surface area contributed by atoms with E-state index in [2.05, 4.69) is 15.0 Å². The molecule has 0 radical (unpaired) electrons. The van der Waals surface area contributed by atoms with Crippen molar-refractivity contribution in [1.82, 2.24) is 14.3 Å². The molecule has 158 valence electrons. The summed E-state index contributed by atoms with van der Waals surface area (Å²) in [5.74, 6) is 0.650. The first-order valence-corrected chi connectivity index (χ1v) is 10.2. The minimum atomic E-state index is -0.147. The molecule has 0 bridgehead atoms. The van der Waals surface area contributed by atoms with Gasteiger partial charge >= 0.3 is 0 Å². The Morgan fingerprint density at radius 1 is 0.903 bits per heavy atom. The van der Waals surface area contributed by atoms with Crippen LogP contribution in [0.5, 0.6) is 5.75 Å². The Hall–Kier alpha value is -3.80. The number of carbonyl (C=O) groups excluding carboxylic acids is 1. The van der Waals surface area contributed by atoms with Crippen molar-refractivity contribution in [2.45, 2.75) is 27.7 Å². The van der Waals surface area contributed by atoms with Crippen molar-refractivity contribution in [1.29, 1.82) is 0 Å². The van der Waals surface area contributed by atoms with Crippen LogP contribution in [0.1, 0.15) is 33.1 Å². The van der Waals surface area contributed by atoms with Gasteiger partial charge in [0.2, 0.25) is 0 Å². The summed E-state index contributed by atoms with van der Waals surface area (Å²) in [6.45, 7) is 7.82. The lowest BCUT2D eigenvalue weighted by Gasteiger charge is -2.11. The Labute approximate surface area is 182 Å². The highest BCUT2D eigenvalue weighted by molar-refractivity contribution is 6.06. The second-order valence-corrected chi connectivity index (χ2v) is 7.57. The largest absolute Gasteiger partial charge is 0.497 e. The molecule has 0 aliphatic rings. The Bertz CT molecular complexity index is 1240. The molecule has 6 heteroatoms. The summed E-state index contributed by atoms with van der Waals surface area (Å²) in [6.07, 6.45) is 0. The summed E-state index contributed by atoms with van der Waals surface area (Å²) >= 11 is 0. The third-order valence-electron chi connectivity index (χ3n) is 5.54. The number of aryl methyl sites for hydroxylation is 2. The molecule has 1 amide bonds. The van der Waals surface area contributed by atoms with E-state index in [-0.39, 0.29) is 5.91 Å². The fourth-order valence-electron chi connectivity index (χ4n) is 3.95. The molecule has 0 aliphatic heterocycles. The van der Waals surface area contributed by atoms with E-state index in [4.69, 9.17) is 4.74 Å². The second kappa shape index (κ2) is 8.14. The summed E-state index contributed by atoms with van der Waals surface area (Å²) in [5, 5.41) is 7.70. The molecule has 0 saturated carbocycles. The van der Waals surface area contributed by atoms with E-state index in [0.717, 1.165) is 45.6 Å². The van der Waals surface area contributed by atoms with Crippen molar-refractivity contribution in [2.24, 2.45) is 0 Å². The number of anilines is 1. The molecule has 4 rings (SSSR count). The van der Waals surface area contributed by atoms with Crippen LogP contribution in [0.2, 0.25) is 0 Å². The molecule has 0 spiro atoms. The van der Waals surface area contributed by atoms with Crippen LogP contribution in [0.15, 0.2) is 60.7 Å². The lowest BCUT2D eigenvalue weighted by molar-refractivity contribution is 0.102. The number of rotatable bonds is 5. The number of benzene rings is 2. The lowest BCUT2D eigenvalue weighted by atomic mass is 10.2. The monoisotopic (exact) mass is 414 g/mol. The van der Waals surface area contributed by atoms with Crippen LogP contribution in [0.25, 0.3) is 11.4 Å². The SMILES string of the molecule is COc1ccc(-n2c(C)cc(C(=O)Nc3c(C)nn(-c4ccccc4)c3C)c2C)cc1. The molecule has 0 saturated heterocycles. The number of amides is 1. The number of nitrogens with one attached hydrogen (secondary N) is 1. The van der Waals surface area contributed by atoms with Crippen LogP contribution in [-0.4, -0.2) is 27.4 Å². The zero-order valence-electron chi connectivity index (χ0n) is 18.4. The maximum absolute atomic E-state index is 13.2. The van der Waals surface area contributed by atoms with Crippen molar-refractivity contribution in [3.8, 4) is 17.1 Å². The standard InChI is InChI=1S/C25H26N4O2/c1-16-15-23(18(3)28(16)20-11-13-22(31-5)14-12-20)25(30)26-24-17(2)27-29(19(24)4)21-9-7-6-8-10-21/h6-15H,1-5H3,(H,26,30). The van der Waals surface area contributed by atoms with E-state index in [1.807, 2.05) is 93.0 Å². The number of hydrogen-bond acceptors (Lipinski definition) is 3. The maximum Gasteiger partial charge on any atom is 0.257 e. The first kappa shape index (κ1) is 20.5. The molecular weight excluding hydrogens is 388 g/mol. The third kappa shape index (κ3) is 3.72. The number of aromatic nitrogens is 3. The summed E-state index contributed by atoms with van der Waals surface area (Å²) in [4.78, 5) is 13.2. The zero-order chi connectivity index (χ0) is 22.1. The van der Waals surface area contributed by atoms with Gasteiger partial charge in [0.05, 0.1) is 35.4 Å². The molecule has 2 aromatic carbocycles. The van der Waals surface area contributed by atoms with Gasteiger partial charge in [-0.2, -0.15) is 5.10 Å². The molecule has 1 N–H and O–H groups in total. The Kier molecular flexibility index (Phi) is 5.38. The third-order valence-corrected chi connectivity index (χ3v) is 5.54. The van der Waals surface area contributed by atoms with E-state index >= 15 is 0 Å². The molecule has 0 fully saturated rings. The Morgan fingerprint density at radius 3 is 2.23 bits per heavy atom. The van der Waals surface area contributed by atoms with Crippen molar-refractivity contribution < 1.29 is 9.53 Å². The fourth-order valence-corrected chi connectivity index (χ4v) is 3.95. The molecule has 6 nitrogen and oxygen atoms in total. The van der Waals surface area contributed by atoms with Crippen LogP contribution in [0.4, 0.5) is 5.69 Å². The normalized spacial score (nSPS) is 10.9. The molecular formula is C25H26N4O2. The summed E-state index contributed by atoms with van der Waals surface area (Å²) in [5.41, 5.74) is 6.86. The highest BCUT2D eigenvalue weighted by Gasteiger charge is 2.20. The topological polar surface area (TPSA) is 61.1 Å². The summed E-state index contributed by atoms with van der Waals surface area (Å²) in [7, 11) is 1.65. The van der Waals surface area contributed by atoms with Gasteiger partial charge in [-0.05, 0) is 70.2 Å². The number of carbonyl (C=O) groups is 1. The van der Waals surface area contributed by atoms with Gasteiger partial charge in [-0.15, -0.1) is 0 Å². The molecule has 4 aromatic rings. The van der Waals surface area contributed by atoms with E-state index in [1.54, 1.807) is 7.11 Å². The number of ether oxygens (including phenoxy) is 1. The quantitative estimate of drug-likeness (QED) is 0.491. The van der Waals surface area contributed by atoms with Gasteiger partial charge in [-0.3, -0.25) is 4.79 Å².